The number of anilines is 3. The smallest absolute Gasteiger partial charge is 0.248 e. The van der Waals surface area contributed by atoms with Crippen LogP contribution in [0.1, 0.15) is 11.1 Å². The van der Waals surface area contributed by atoms with E-state index in [1.54, 1.807) is 31.4 Å². The Morgan fingerprint density at radius 3 is 2.32 bits per heavy atom. The van der Waals surface area contributed by atoms with Gasteiger partial charge in [0.25, 0.3) is 0 Å². The molecule has 25 heavy (non-hydrogen) atoms. The molecule has 3 rings (SSSR count). The van der Waals surface area contributed by atoms with Gasteiger partial charge in [0.15, 0.2) is 5.82 Å². The number of nitrogens with two attached hydrogens (primary N) is 1. The van der Waals surface area contributed by atoms with E-state index in [1.807, 2.05) is 18.2 Å². The van der Waals surface area contributed by atoms with Crippen LogP contribution in [0.25, 0.3) is 0 Å². The molecule has 128 valence electrons. The molecule has 3 N–H and O–H groups in total. The van der Waals surface area contributed by atoms with E-state index in [1.165, 1.54) is 17.5 Å². The third-order valence-electron chi connectivity index (χ3n) is 3.89. The molecule has 0 fully saturated rings. The fraction of sp³-hybridized carbons (Fsp3) is 0.158. The Morgan fingerprint density at radius 1 is 0.920 bits per heavy atom. The summed E-state index contributed by atoms with van der Waals surface area (Å²) in [6.07, 6.45) is 1.42. The minimum Gasteiger partial charge on any atom is -0.497 e. The molecule has 0 unspecified atom stereocenters. The van der Waals surface area contributed by atoms with Crippen molar-refractivity contribution < 1.29 is 9.47 Å². The average molecular weight is 336 g/mol. The molecule has 0 saturated carbocycles. The maximum atomic E-state index is 6.17. The van der Waals surface area contributed by atoms with Crippen molar-refractivity contribution in [3.63, 3.8) is 0 Å². The first-order valence-corrected chi connectivity index (χ1v) is 7.83. The van der Waals surface area contributed by atoms with Crippen LogP contribution in [-0.4, -0.2) is 17.1 Å². The molecular weight excluding hydrogens is 316 g/mol. The number of ether oxygens (including phenoxy) is 2. The summed E-state index contributed by atoms with van der Waals surface area (Å²) >= 11 is 0. The van der Waals surface area contributed by atoms with E-state index in [4.69, 9.17) is 15.2 Å². The summed E-state index contributed by atoms with van der Waals surface area (Å²) in [7, 11) is 1.61. The number of aromatic nitrogens is 2. The molecule has 6 nitrogen and oxygen atoms in total. The molecule has 1 heterocycles. The minimum atomic E-state index is 0.298. The van der Waals surface area contributed by atoms with Gasteiger partial charge in [-0.1, -0.05) is 6.07 Å². The molecule has 2 aromatic carbocycles. The van der Waals surface area contributed by atoms with Crippen LogP contribution in [0.2, 0.25) is 0 Å². The van der Waals surface area contributed by atoms with E-state index >= 15 is 0 Å². The van der Waals surface area contributed by atoms with Gasteiger partial charge in [0.2, 0.25) is 5.88 Å². The first-order chi connectivity index (χ1) is 12.1. The second kappa shape index (κ2) is 7.09. The van der Waals surface area contributed by atoms with Crippen molar-refractivity contribution in [1.29, 1.82) is 0 Å². The molecule has 0 spiro atoms. The number of hydrogen-bond donors (Lipinski definition) is 2. The monoisotopic (exact) mass is 336 g/mol. The highest BCUT2D eigenvalue weighted by atomic mass is 16.5. The molecule has 0 bridgehead atoms. The fourth-order valence-electron chi connectivity index (χ4n) is 2.27. The Kier molecular flexibility index (Phi) is 4.70. The van der Waals surface area contributed by atoms with Crippen LogP contribution in [-0.2, 0) is 0 Å². The lowest BCUT2D eigenvalue weighted by Crippen LogP contribution is -2.03. The Labute approximate surface area is 146 Å². The van der Waals surface area contributed by atoms with E-state index in [0.29, 0.717) is 23.1 Å². The van der Waals surface area contributed by atoms with Gasteiger partial charge in [0.1, 0.15) is 23.5 Å². The molecule has 0 aliphatic rings. The highest BCUT2D eigenvalue weighted by molar-refractivity contribution is 5.72. The summed E-state index contributed by atoms with van der Waals surface area (Å²) in [5, 5.41) is 3.21. The largest absolute Gasteiger partial charge is 0.497 e. The van der Waals surface area contributed by atoms with Crippen molar-refractivity contribution in [2.75, 3.05) is 18.2 Å². The van der Waals surface area contributed by atoms with Gasteiger partial charge in [-0.25, -0.2) is 4.98 Å². The first kappa shape index (κ1) is 16.6. The van der Waals surface area contributed by atoms with E-state index in [2.05, 4.69) is 29.1 Å². The van der Waals surface area contributed by atoms with Crippen molar-refractivity contribution in [2.24, 2.45) is 0 Å². The van der Waals surface area contributed by atoms with Crippen molar-refractivity contribution in [3.8, 4) is 17.4 Å². The van der Waals surface area contributed by atoms with Crippen molar-refractivity contribution in [1.82, 2.24) is 9.97 Å². The standard InChI is InChI=1S/C19H20N4O2/c1-12-4-5-14(10-13(12)2)23-18-17(20)19(22-11-21-18)25-16-8-6-15(24-3)7-9-16/h4-11H,20H2,1-3H3,(H,21,22,23). The highest BCUT2D eigenvalue weighted by Gasteiger charge is 2.11. The van der Waals surface area contributed by atoms with Gasteiger partial charge in [-0.15, -0.1) is 0 Å². The number of methoxy groups -OCH3 is 1. The third-order valence-corrected chi connectivity index (χ3v) is 3.89. The molecule has 0 aliphatic heterocycles. The Hall–Kier alpha value is -3.28. The molecule has 3 aromatic rings. The maximum absolute atomic E-state index is 6.17. The lowest BCUT2D eigenvalue weighted by molar-refractivity contribution is 0.412. The van der Waals surface area contributed by atoms with Gasteiger partial charge in [-0.3, -0.25) is 0 Å². The average Bonchev–Trinajstić information content (AvgIpc) is 2.62. The Morgan fingerprint density at radius 2 is 1.64 bits per heavy atom. The Balaban J connectivity index is 1.82. The fourth-order valence-corrected chi connectivity index (χ4v) is 2.27. The van der Waals surface area contributed by atoms with Gasteiger partial charge >= 0.3 is 0 Å². The van der Waals surface area contributed by atoms with Crippen LogP contribution >= 0.6 is 0 Å². The van der Waals surface area contributed by atoms with Crippen LogP contribution in [0.15, 0.2) is 48.8 Å². The number of nitrogens with one attached hydrogen (secondary N) is 1. The summed E-state index contributed by atoms with van der Waals surface area (Å²) in [5.74, 6) is 2.16. The number of aryl methyl sites for hydroxylation is 2. The lowest BCUT2D eigenvalue weighted by atomic mass is 10.1. The quantitative estimate of drug-likeness (QED) is 0.726. The van der Waals surface area contributed by atoms with Crippen LogP contribution in [0.4, 0.5) is 17.2 Å². The number of nitrogen functional groups attached to an aromatic ring is 1. The predicted octanol–water partition coefficient (Wildman–Crippen LogP) is 4.22. The van der Waals surface area contributed by atoms with E-state index in [9.17, 15) is 0 Å². The molecule has 0 saturated heterocycles. The molecule has 6 heteroatoms. The normalized spacial score (nSPS) is 10.4. The second-order valence-electron chi connectivity index (χ2n) is 5.64. The minimum absolute atomic E-state index is 0.298. The number of benzene rings is 2. The van der Waals surface area contributed by atoms with Crippen LogP contribution in [0.5, 0.6) is 17.4 Å². The van der Waals surface area contributed by atoms with Gasteiger partial charge in [0, 0.05) is 5.69 Å². The summed E-state index contributed by atoms with van der Waals surface area (Å²) in [5.41, 5.74) is 9.83. The zero-order valence-electron chi connectivity index (χ0n) is 14.4. The summed E-state index contributed by atoms with van der Waals surface area (Å²) in [4.78, 5) is 8.33. The second-order valence-corrected chi connectivity index (χ2v) is 5.64. The zero-order valence-corrected chi connectivity index (χ0v) is 14.4. The summed E-state index contributed by atoms with van der Waals surface area (Å²) in [6, 6.07) is 13.3. The van der Waals surface area contributed by atoms with Crippen LogP contribution in [0, 0.1) is 13.8 Å². The molecule has 0 aliphatic carbocycles. The van der Waals surface area contributed by atoms with Gasteiger partial charge < -0.3 is 20.5 Å². The van der Waals surface area contributed by atoms with Gasteiger partial charge in [0.05, 0.1) is 7.11 Å². The van der Waals surface area contributed by atoms with Crippen LogP contribution < -0.4 is 20.5 Å². The van der Waals surface area contributed by atoms with Gasteiger partial charge in [-0.2, -0.15) is 4.98 Å². The summed E-state index contributed by atoms with van der Waals surface area (Å²) < 4.78 is 10.9. The van der Waals surface area contributed by atoms with Crippen LogP contribution in [0.3, 0.4) is 0 Å². The maximum Gasteiger partial charge on any atom is 0.248 e. The molecular formula is C19H20N4O2. The topological polar surface area (TPSA) is 82.3 Å². The van der Waals surface area contributed by atoms with Crippen molar-refractivity contribution in [3.05, 3.63) is 59.9 Å². The lowest BCUT2D eigenvalue weighted by Gasteiger charge is -2.13. The van der Waals surface area contributed by atoms with Crippen molar-refractivity contribution in [2.45, 2.75) is 13.8 Å². The van der Waals surface area contributed by atoms with E-state index < -0.39 is 0 Å². The summed E-state index contributed by atoms with van der Waals surface area (Å²) in [6.45, 7) is 4.13. The molecule has 0 amide bonds. The Bertz CT molecular complexity index is 879. The zero-order chi connectivity index (χ0) is 17.8. The van der Waals surface area contributed by atoms with Gasteiger partial charge in [-0.05, 0) is 61.4 Å². The number of hydrogen-bond acceptors (Lipinski definition) is 6. The molecule has 1 aromatic heterocycles. The molecule has 0 radical (unpaired) electrons. The number of rotatable bonds is 5. The highest BCUT2D eigenvalue weighted by Crippen LogP contribution is 2.31. The number of nitrogens with zero attached hydrogens (tertiary/aromatic N) is 2. The van der Waals surface area contributed by atoms with E-state index in [0.717, 1.165) is 11.4 Å². The SMILES string of the molecule is COc1ccc(Oc2ncnc(Nc3ccc(C)c(C)c3)c2N)cc1. The predicted molar refractivity (Wildman–Crippen MR) is 98.7 cm³/mol. The van der Waals surface area contributed by atoms with E-state index in [-0.39, 0.29) is 0 Å². The third kappa shape index (κ3) is 3.80. The molecule has 0 atom stereocenters. The van der Waals surface area contributed by atoms with Crippen molar-refractivity contribution >= 4 is 17.2 Å². The first-order valence-electron chi connectivity index (χ1n) is 7.83.